The monoisotopic (exact) mass is 247 g/mol. The third-order valence-electron chi connectivity index (χ3n) is 2.59. The molecule has 0 amide bonds. The van der Waals surface area contributed by atoms with Crippen LogP contribution in [0.5, 0.6) is 0 Å². The first kappa shape index (κ1) is 11.0. The Balaban J connectivity index is 2.29. The zero-order valence-electron chi connectivity index (χ0n) is 8.22. The molecule has 15 heavy (non-hydrogen) atoms. The molecule has 2 heterocycles. The van der Waals surface area contributed by atoms with Crippen LogP contribution in [0.25, 0.3) is 0 Å². The lowest BCUT2D eigenvalue weighted by molar-refractivity contribution is 0.277. The molecule has 1 aliphatic rings. The van der Waals surface area contributed by atoms with Crippen LogP contribution < -0.4 is 0 Å². The molecule has 1 aromatic heterocycles. The molecule has 0 radical (unpaired) electrons. The average Bonchev–Trinajstić information content (AvgIpc) is 2.65. The van der Waals surface area contributed by atoms with E-state index in [-0.39, 0.29) is 12.4 Å². The fourth-order valence-electron chi connectivity index (χ4n) is 1.78. The molecule has 1 aliphatic heterocycles. The molecule has 1 fully saturated rings. The third kappa shape index (κ3) is 2.21. The largest absolute Gasteiger partial charge is 0.390 e. The van der Waals surface area contributed by atoms with Crippen molar-refractivity contribution in [1.29, 1.82) is 0 Å². The van der Waals surface area contributed by atoms with Crippen LogP contribution in [-0.4, -0.2) is 24.3 Å². The van der Waals surface area contributed by atoms with Crippen molar-refractivity contribution in [3.05, 3.63) is 16.1 Å². The van der Waals surface area contributed by atoms with Crippen LogP contribution in [0.4, 0.5) is 0 Å². The molecule has 84 valence electrons. The van der Waals surface area contributed by atoms with Crippen LogP contribution in [0.15, 0.2) is 5.38 Å². The minimum atomic E-state index is -3.01. The number of rotatable bonds is 2. The average molecular weight is 247 g/mol. The van der Waals surface area contributed by atoms with Crippen LogP contribution in [0.2, 0.25) is 0 Å². The van der Waals surface area contributed by atoms with Crippen LogP contribution in [0.3, 0.4) is 0 Å². The van der Waals surface area contributed by atoms with Crippen LogP contribution in [0.1, 0.15) is 35.2 Å². The van der Waals surface area contributed by atoms with Crippen molar-refractivity contribution in [3.63, 3.8) is 0 Å². The standard InChI is InChI=1S/C9H13NO3S2/c11-5-7-6-14-9(10-7)8-3-1-2-4-15(8,12)13/h6,8,11H,1-5H2. The van der Waals surface area contributed by atoms with Gasteiger partial charge in [0.1, 0.15) is 10.3 Å². The van der Waals surface area contributed by atoms with Gasteiger partial charge in [-0.3, -0.25) is 0 Å². The molecule has 1 atom stereocenters. The quantitative estimate of drug-likeness (QED) is 0.854. The number of aliphatic hydroxyl groups excluding tert-OH is 1. The van der Waals surface area contributed by atoms with Crippen molar-refractivity contribution in [2.24, 2.45) is 0 Å². The maximum atomic E-state index is 11.8. The summed E-state index contributed by atoms with van der Waals surface area (Å²) in [5, 5.41) is 10.8. The minimum absolute atomic E-state index is 0.122. The van der Waals surface area contributed by atoms with Crippen molar-refractivity contribution in [2.75, 3.05) is 5.75 Å². The predicted molar refractivity (Wildman–Crippen MR) is 58.4 cm³/mol. The molecule has 0 aromatic carbocycles. The highest BCUT2D eigenvalue weighted by atomic mass is 32.2. The van der Waals surface area contributed by atoms with E-state index in [9.17, 15) is 8.42 Å². The Bertz CT molecular complexity index is 438. The topological polar surface area (TPSA) is 67.3 Å². The number of aromatic nitrogens is 1. The van der Waals surface area contributed by atoms with Crippen LogP contribution >= 0.6 is 11.3 Å². The highest BCUT2D eigenvalue weighted by molar-refractivity contribution is 7.91. The van der Waals surface area contributed by atoms with Crippen molar-refractivity contribution < 1.29 is 13.5 Å². The number of thiazole rings is 1. The molecule has 2 rings (SSSR count). The predicted octanol–water partition coefficient (Wildman–Crippen LogP) is 1.28. The second kappa shape index (κ2) is 4.19. The van der Waals surface area contributed by atoms with Gasteiger partial charge in [0, 0.05) is 5.38 Å². The molecule has 0 saturated carbocycles. The van der Waals surface area contributed by atoms with Gasteiger partial charge in [-0.05, 0) is 12.8 Å². The number of sulfone groups is 1. The number of hydrogen-bond acceptors (Lipinski definition) is 5. The minimum Gasteiger partial charge on any atom is -0.390 e. The molecule has 0 bridgehead atoms. The van der Waals surface area contributed by atoms with Gasteiger partial charge in [-0.1, -0.05) is 6.42 Å². The second-order valence-corrected chi connectivity index (χ2v) is 6.88. The van der Waals surface area contributed by atoms with E-state index in [1.54, 1.807) is 5.38 Å². The van der Waals surface area contributed by atoms with E-state index in [2.05, 4.69) is 4.98 Å². The summed E-state index contributed by atoms with van der Waals surface area (Å²) in [5.41, 5.74) is 0.566. The van der Waals surface area contributed by atoms with Gasteiger partial charge in [0.2, 0.25) is 0 Å². The van der Waals surface area contributed by atoms with E-state index >= 15 is 0 Å². The lowest BCUT2D eigenvalue weighted by Crippen LogP contribution is -2.21. The molecule has 0 spiro atoms. The Labute approximate surface area is 92.9 Å². The van der Waals surface area contributed by atoms with Gasteiger partial charge < -0.3 is 5.11 Å². The highest BCUT2D eigenvalue weighted by Gasteiger charge is 2.32. The van der Waals surface area contributed by atoms with Crippen LogP contribution in [-0.2, 0) is 16.4 Å². The van der Waals surface area contributed by atoms with Gasteiger partial charge in [0.15, 0.2) is 9.84 Å². The Morgan fingerprint density at radius 1 is 1.53 bits per heavy atom. The van der Waals surface area contributed by atoms with Crippen molar-refractivity contribution >= 4 is 21.2 Å². The third-order valence-corrected chi connectivity index (χ3v) is 5.93. The maximum absolute atomic E-state index is 11.8. The molecule has 4 nitrogen and oxygen atoms in total. The Morgan fingerprint density at radius 3 is 2.93 bits per heavy atom. The van der Waals surface area contributed by atoms with Crippen molar-refractivity contribution in [3.8, 4) is 0 Å². The first-order valence-electron chi connectivity index (χ1n) is 4.90. The summed E-state index contributed by atoms with van der Waals surface area (Å²) in [4.78, 5) is 4.14. The lowest BCUT2D eigenvalue weighted by Gasteiger charge is -2.19. The summed E-state index contributed by atoms with van der Waals surface area (Å²) in [6, 6.07) is 0. The SMILES string of the molecule is O=S1(=O)CCCCC1c1nc(CO)cs1. The summed E-state index contributed by atoms with van der Waals surface area (Å²) in [6.07, 6.45) is 2.37. The fraction of sp³-hybridized carbons (Fsp3) is 0.667. The van der Waals surface area contributed by atoms with Crippen LogP contribution in [0, 0.1) is 0 Å². The molecule has 1 saturated heterocycles. The molecular formula is C9H13NO3S2. The normalized spacial score (nSPS) is 25.3. The summed E-state index contributed by atoms with van der Waals surface area (Å²) in [7, 11) is -3.01. The highest BCUT2D eigenvalue weighted by Crippen LogP contribution is 2.34. The Kier molecular flexibility index (Phi) is 3.08. The number of hydrogen-bond donors (Lipinski definition) is 1. The van der Waals surface area contributed by atoms with E-state index in [1.165, 1.54) is 11.3 Å². The Morgan fingerprint density at radius 2 is 2.33 bits per heavy atom. The van der Waals surface area contributed by atoms with Gasteiger partial charge in [-0.15, -0.1) is 11.3 Å². The van der Waals surface area contributed by atoms with E-state index in [4.69, 9.17) is 5.11 Å². The van der Waals surface area contributed by atoms with Gasteiger partial charge in [0.25, 0.3) is 0 Å². The molecule has 1 aromatic rings. The zero-order chi connectivity index (χ0) is 10.9. The summed E-state index contributed by atoms with van der Waals surface area (Å²) >= 11 is 1.33. The van der Waals surface area contributed by atoms with Gasteiger partial charge in [0.05, 0.1) is 18.1 Å². The number of nitrogens with zero attached hydrogens (tertiary/aromatic N) is 1. The summed E-state index contributed by atoms with van der Waals surface area (Å²) in [6.45, 7) is -0.122. The van der Waals surface area contributed by atoms with Gasteiger partial charge >= 0.3 is 0 Å². The maximum Gasteiger partial charge on any atom is 0.159 e. The fourth-order valence-corrected chi connectivity index (χ4v) is 4.98. The van der Waals surface area contributed by atoms with E-state index in [1.807, 2.05) is 0 Å². The van der Waals surface area contributed by atoms with Gasteiger partial charge in [-0.2, -0.15) is 0 Å². The number of aliphatic hydroxyl groups is 1. The first-order valence-corrected chi connectivity index (χ1v) is 7.50. The van der Waals surface area contributed by atoms with E-state index < -0.39 is 15.1 Å². The van der Waals surface area contributed by atoms with E-state index in [0.717, 1.165) is 12.8 Å². The van der Waals surface area contributed by atoms with Gasteiger partial charge in [-0.25, -0.2) is 13.4 Å². The summed E-state index contributed by atoms with van der Waals surface area (Å²) < 4.78 is 23.6. The second-order valence-electron chi connectivity index (χ2n) is 3.69. The molecule has 0 aliphatic carbocycles. The molecule has 1 unspecified atom stereocenters. The lowest BCUT2D eigenvalue weighted by atomic mass is 10.2. The molecule has 1 N–H and O–H groups in total. The van der Waals surface area contributed by atoms with E-state index in [0.29, 0.717) is 17.1 Å². The van der Waals surface area contributed by atoms with Crippen molar-refractivity contribution in [2.45, 2.75) is 31.1 Å². The Hall–Kier alpha value is -0.460. The molecular weight excluding hydrogens is 234 g/mol. The smallest absolute Gasteiger partial charge is 0.159 e. The molecule has 6 heteroatoms. The zero-order valence-corrected chi connectivity index (χ0v) is 9.85. The summed E-state index contributed by atoms with van der Waals surface area (Å²) in [5.74, 6) is 0.270. The van der Waals surface area contributed by atoms with Crippen molar-refractivity contribution in [1.82, 2.24) is 4.98 Å². The first-order chi connectivity index (χ1) is 7.13.